The molecule has 1 aromatic carbocycles. The fourth-order valence-electron chi connectivity index (χ4n) is 2.24. The van der Waals surface area contributed by atoms with E-state index in [0.717, 1.165) is 4.47 Å². The van der Waals surface area contributed by atoms with Crippen molar-refractivity contribution in [1.82, 2.24) is 4.90 Å². The van der Waals surface area contributed by atoms with E-state index >= 15 is 0 Å². The first-order valence-corrected chi connectivity index (χ1v) is 9.20. The average molecular weight is 445 g/mol. The van der Waals surface area contributed by atoms with Crippen LogP contribution in [0.4, 0.5) is 0 Å². The molecule has 2 heterocycles. The lowest BCUT2D eigenvalue weighted by Crippen LogP contribution is -2.27. The molecule has 1 aromatic heterocycles. The molecule has 3 rings (SSSR count). The van der Waals surface area contributed by atoms with E-state index in [2.05, 4.69) is 15.9 Å². The third-order valence-electron chi connectivity index (χ3n) is 3.30. The second kappa shape index (κ2) is 7.31. The molecule has 0 radical (unpaired) electrons. The molecule has 1 aliphatic rings. The molecule has 1 amide bonds. The zero-order valence-corrected chi connectivity index (χ0v) is 16.4. The Bertz CT molecular complexity index is 836. The summed E-state index contributed by atoms with van der Waals surface area (Å²) in [6, 6.07) is 7.06. The summed E-state index contributed by atoms with van der Waals surface area (Å²) in [6.45, 7) is 0.311. The topological polar surface area (TPSA) is 42.7 Å². The minimum atomic E-state index is -0.167. The van der Waals surface area contributed by atoms with E-state index in [-0.39, 0.29) is 5.91 Å². The Morgan fingerprint density at radius 1 is 1.50 bits per heavy atom. The number of thiocarbonyl (C=S) groups is 1. The highest BCUT2D eigenvalue weighted by molar-refractivity contribution is 9.10. The maximum atomic E-state index is 12.6. The van der Waals surface area contributed by atoms with Crippen molar-refractivity contribution in [1.29, 1.82) is 0 Å². The fourth-order valence-corrected chi connectivity index (χ4v) is 4.48. The molecule has 0 N–H and O–H groups in total. The predicted molar refractivity (Wildman–Crippen MR) is 103 cm³/mol. The number of hydrogen-bond donors (Lipinski definition) is 0. The first-order valence-electron chi connectivity index (χ1n) is 6.80. The van der Waals surface area contributed by atoms with Crippen molar-refractivity contribution < 1.29 is 13.9 Å². The number of furan rings is 1. The van der Waals surface area contributed by atoms with E-state index in [1.807, 2.05) is 0 Å². The first-order chi connectivity index (χ1) is 11.5. The normalized spacial score (nSPS) is 16.3. The molecule has 0 aliphatic carbocycles. The lowest BCUT2D eigenvalue weighted by atomic mass is 10.2. The van der Waals surface area contributed by atoms with Crippen molar-refractivity contribution in [3.8, 4) is 5.75 Å². The van der Waals surface area contributed by atoms with Crippen molar-refractivity contribution in [2.75, 3.05) is 7.11 Å². The summed E-state index contributed by atoms with van der Waals surface area (Å²) in [6.07, 6.45) is 3.30. The van der Waals surface area contributed by atoms with E-state index in [1.165, 1.54) is 16.7 Å². The molecule has 1 saturated heterocycles. The summed E-state index contributed by atoms with van der Waals surface area (Å²) in [4.78, 5) is 14.7. The molecule has 4 nitrogen and oxygen atoms in total. The van der Waals surface area contributed by atoms with E-state index in [4.69, 9.17) is 33.0 Å². The minimum Gasteiger partial charge on any atom is -0.495 e. The summed E-state index contributed by atoms with van der Waals surface area (Å²) >= 11 is 16.1. The van der Waals surface area contributed by atoms with Gasteiger partial charge in [0.15, 0.2) is 0 Å². The van der Waals surface area contributed by atoms with Gasteiger partial charge in [-0.1, -0.05) is 35.6 Å². The van der Waals surface area contributed by atoms with Gasteiger partial charge in [0.2, 0.25) is 0 Å². The molecule has 24 heavy (non-hydrogen) atoms. The molecular formula is C16H11BrClNO3S2. The number of carbonyl (C=O) groups excluding carboxylic acids is 1. The molecule has 0 spiro atoms. The summed E-state index contributed by atoms with van der Waals surface area (Å²) < 4.78 is 11.9. The number of hydrogen-bond acceptors (Lipinski definition) is 5. The summed E-state index contributed by atoms with van der Waals surface area (Å²) in [5, 5.41) is 0.542. The molecule has 1 aliphatic heterocycles. The van der Waals surface area contributed by atoms with Gasteiger partial charge in [-0.2, -0.15) is 0 Å². The van der Waals surface area contributed by atoms with Crippen molar-refractivity contribution >= 4 is 67.8 Å². The van der Waals surface area contributed by atoms with Crippen molar-refractivity contribution in [3.05, 3.63) is 56.3 Å². The third kappa shape index (κ3) is 3.54. The number of rotatable bonds is 4. The zero-order valence-electron chi connectivity index (χ0n) is 12.4. The van der Waals surface area contributed by atoms with Gasteiger partial charge in [0, 0.05) is 10.6 Å². The van der Waals surface area contributed by atoms with Crippen LogP contribution in [-0.4, -0.2) is 22.2 Å². The minimum absolute atomic E-state index is 0.167. The zero-order chi connectivity index (χ0) is 17.3. The summed E-state index contributed by atoms with van der Waals surface area (Å²) in [5.74, 6) is 1.12. The maximum absolute atomic E-state index is 12.6. The van der Waals surface area contributed by atoms with E-state index in [9.17, 15) is 4.79 Å². The van der Waals surface area contributed by atoms with Crippen LogP contribution in [0.2, 0.25) is 5.02 Å². The molecule has 0 atom stereocenters. The number of amides is 1. The van der Waals surface area contributed by atoms with Crippen molar-refractivity contribution in [2.45, 2.75) is 6.54 Å². The molecule has 8 heteroatoms. The predicted octanol–water partition coefficient (Wildman–Crippen LogP) is 5.11. The van der Waals surface area contributed by atoms with Crippen LogP contribution in [0.3, 0.4) is 0 Å². The summed E-state index contributed by atoms with van der Waals surface area (Å²) in [7, 11) is 1.56. The number of benzene rings is 1. The van der Waals surface area contributed by atoms with Crippen LogP contribution < -0.4 is 4.74 Å². The fraction of sp³-hybridized carbons (Fsp3) is 0.125. The second-order valence-electron chi connectivity index (χ2n) is 4.86. The molecule has 0 saturated carbocycles. The molecule has 124 valence electrons. The van der Waals surface area contributed by atoms with Gasteiger partial charge in [-0.25, -0.2) is 0 Å². The van der Waals surface area contributed by atoms with Gasteiger partial charge in [-0.3, -0.25) is 9.69 Å². The van der Waals surface area contributed by atoms with Gasteiger partial charge in [0.05, 0.1) is 29.3 Å². The van der Waals surface area contributed by atoms with Crippen LogP contribution in [0.25, 0.3) is 6.08 Å². The smallest absolute Gasteiger partial charge is 0.266 e. The van der Waals surface area contributed by atoms with Crippen LogP contribution in [0, 0.1) is 0 Å². The molecule has 0 unspecified atom stereocenters. The highest BCUT2D eigenvalue weighted by atomic mass is 79.9. The second-order valence-corrected chi connectivity index (χ2v) is 7.82. The van der Waals surface area contributed by atoms with Gasteiger partial charge in [-0.05, 0) is 46.3 Å². The Balaban J connectivity index is 1.92. The lowest BCUT2D eigenvalue weighted by Gasteiger charge is -2.12. The Hall–Kier alpha value is -1.28. The van der Waals surface area contributed by atoms with Crippen LogP contribution in [0.15, 0.2) is 44.3 Å². The number of thioether (sulfide) groups is 1. The van der Waals surface area contributed by atoms with Gasteiger partial charge in [0.25, 0.3) is 5.91 Å². The number of methoxy groups -OCH3 is 1. The highest BCUT2D eigenvalue weighted by Gasteiger charge is 2.32. The Morgan fingerprint density at radius 2 is 2.29 bits per heavy atom. The summed E-state index contributed by atoms with van der Waals surface area (Å²) in [5.41, 5.74) is 0.704. The number of carbonyl (C=O) groups is 1. The SMILES string of the molecule is COc1c(Br)cc(Cl)cc1C=C1SC(=S)N(Cc2ccco2)C1=O. The Morgan fingerprint density at radius 3 is 2.96 bits per heavy atom. The van der Waals surface area contributed by atoms with E-state index < -0.39 is 0 Å². The highest BCUT2D eigenvalue weighted by Crippen LogP contribution is 2.38. The lowest BCUT2D eigenvalue weighted by molar-refractivity contribution is -0.122. The van der Waals surface area contributed by atoms with E-state index in [1.54, 1.807) is 43.7 Å². The van der Waals surface area contributed by atoms with Crippen molar-refractivity contribution in [3.63, 3.8) is 0 Å². The van der Waals surface area contributed by atoms with Crippen LogP contribution >= 0.6 is 51.5 Å². The molecule has 2 aromatic rings. The van der Waals surface area contributed by atoms with Crippen LogP contribution in [-0.2, 0) is 11.3 Å². The van der Waals surface area contributed by atoms with Gasteiger partial charge in [-0.15, -0.1) is 0 Å². The maximum Gasteiger partial charge on any atom is 0.266 e. The Kier molecular flexibility index (Phi) is 5.34. The van der Waals surface area contributed by atoms with Gasteiger partial charge >= 0.3 is 0 Å². The molecule has 1 fully saturated rings. The molecule has 0 bridgehead atoms. The Labute approximate surface area is 161 Å². The monoisotopic (exact) mass is 443 g/mol. The van der Waals surface area contributed by atoms with E-state index in [0.29, 0.717) is 37.9 Å². The van der Waals surface area contributed by atoms with Gasteiger partial charge in [0.1, 0.15) is 15.8 Å². The first kappa shape index (κ1) is 17.5. The average Bonchev–Trinajstić information content (AvgIpc) is 3.11. The number of nitrogens with zero attached hydrogens (tertiary/aromatic N) is 1. The quantitative estimate of drug-likeness (QED) is 0.484. The third-order valence-corrected chi connectivity index (χ3v) is 5.48. The van der Waals surface area contributed by atoms with Gasteiger partial charge < -0.3 is 9.15 Å². The van der Waals surface area contributed by atoms with Crippen LogP contribution in [0.1, 0.15) is 11.3 Å². The van der Waals surface area contributed by atoms with Crippen molar-refractivity contribution in [2.24, 2.45) is 0 Å². The largest absolute Gasteiger partial charge is 0.495 e. The number of halogens is 2. The van der Waals surface area contributed by atoms with Crippen LogP contribution in [0.5, 0.6) is 5.75 Å². The standard InChI is InChI=1S/C16H11BrClNO3S2/c1-21-14-9(5-10(18)7-12(14)17)6-13-15(20)19(16(23)24-13)8-11-3-2-4-22-11/h2-7H,8H2,1H3. The number of ether oxygens (including phenoxy) is 1. The molecular weight excluding hydrogens is 434 g/mol.